The normalized spacial score (nSPS) is 12.2. The quantitative estimate of drug-likeness (QED) is 0.742. The van der Waals surface area contributed by atoms with Gasteiger partial charge in [-0.05, 0) is 31.5 Å². The maximum absolute atomic E-state index is 10.9. The summed E-state index contributed by atoms with van der Waals surface area (Å²) in [6, 6.07) is 7.72. The summed E-state index contributed by atoms with van der Waals surface area (Å²) in [6.07, 6.45) is 0.424. The number of carbonyl (C=O) groups is 1. The van der Waals surface area contributed by atoms with Crippen LogP contribution in [0.3, 0.4) is 0 Å². The fourth-order valence-corrected chi connectivity index (χ4v) is 1.46. The van der Waals surface area contributed by atoms with Crippen LogP contribution < -0.4 is 4.74 Å². The molecule has 0 N–H and O–H groups in total. The van der Waals surface area contributed by atoms with E-state index >= 15 is 0 Å². The van der Waals surface area contributed by atoms with Gasteiger partial charge in [0.1, 0.15) is 11.5 Å². The first-order chi connectivity index (χ1) is 7.61. The highest BCUT2D eigenvalue weighted by atomic mass is 16.5. The lowest BCUT2D eigenvalue weighted by Gasteiger charge is -2.11. The largest absolute Gasteiger partial charge is 0.497 e. The van der Waals surface area contributed by atoms with Gasteiger partial charge in [0.15, 0.2) is 0 Å². The molecule has 0 aliphatic carbocycles. The molecule has 88 valence electrons. The smallest absolute Gasteiger partial charge is 0.132 e. The average Bonchev–Trinajstić information content (AvgIpc) is 2.26. The van der Waals surface area contributed by atoms with Crippen LogP contribution >= 0.6 is 0 Å². The first-order valence-electron chi connectivity index (χ1n) is 5.35. The molecule has 3 nitrogen and oxygen atoms in total. The second-order valence-corrected chi connectivity index (χ2v) is 3.88. The molecule has 0 aliphatic rings. The van der Waals surface area contributed by atoms with Crippen molar-refractivity contribution >= 4 is 5.78 Å². The summed E-state index contributed by atoms with van der Waals surface area (Å²) >= 11 is 0. The summed E-state index contributed by atoms with van der Waals surface area (Å²) in [5, 5.41) is 0. The van der Waals surface area contributed by atoms with Gasteiger partial charge < -0.3 is 9.47 Å². The number of rotatable bonds is 6. The zero-order chi connectivity index (χ0) is 12.0. The predicted octanol–water partition coefficient (Wildman–Crippen LogP) is 2.58. The van der Waals surface area contributed by atoms with Crippen molar-refractivity contribution in [3.05, 3.63) is 29.8 Å². The molecule has 0 saturated carbocycles. The van der Waals surface area contributed by atoms with Crippen molar-refractivity contribution in [2.75, 3.05) is 7.11 Å². The van der Waals surface area contributed by atoms with Gasteiger partial charge in [-0.15, -0.1) is 0 Å². The number of ether oxygens (including phenoxy) is 2. The lowest BCUT2D eigenvalue weighted by molar-refractivity contribution is -0.119. The van der Waals surface area contributed by atoms with E-state index in [4.69, 9.17) is 9.47 Å². The third-order valence-electron chi connectivity index (χ3n) is 2.24. The van der Waals surface area contributed by atoms with Crippen LogP contribution in [-0.2, 0) is 16.1 Å². The molecule has 0 heterocycles. The van der Waals surface area contributed by atoms with Crippen LogP contribution in [-0.4, -0.2) is 19.0 Å². The molecule has 0 radical (unpaired) electrons. The van der Waals surface area contributed by atoms with E-state index < -0.39 is 0 Å². The summed E-state index contributed by atoms with van der Waals surface area (Å²) < 4.78 is 10.7. The first-order valence-corrected chi connectivity index (χ1v) is 5.35. The number of methoxy groups -OCH3 is 1. The highest BCUT2D eigenvalue weighted by Gasteiger charge is 2.05. The zero-order valence-electron chi connectivity index (χ0n) is 10.0. The number of hydrogen-bond donors (Lipinski definition) is 0. The van der Waals surface area contributed by atoms with Gasteiger partial charge in [-0.2, -0.15) is 0 Å². The molecule has 0 amide bonds. The van der Waals surface area contributed by atoms with E-state index in [1.165, 1.54) is 0 Å². The van der Waals surface area contributed by atoms with Gasteiger partial charge in [0.25, 0.3) is 0 Å². The summed E-state index contributed by atoms with van der Waals surface area (Å²) in [7, 11) is 1.64. The van der Waals surface area contributed by atoms with Gasteiger partial charge in [-0.25, -0.2) is 0 Å². The van der Waals surface area contributed by atoms with Gasteiger partial charge in [0, 0.05) is 6.42 Å². The lowest BCUT2D eigenvalue weighted by Crippen LogP contribution is -2.12. The van der Waals surface area contributed by atoms with E-state index in [1.807, 2.05) is 31.2 Å². The fourth-order valence-electron chi connectivity index (χ4n) is 1.46. The van der Waals surface area contributed by atoms with E-state index in [9.17, 15) is 4.79 Å². The Bertz CT molecular complexity index is 347. The molecule has 1 unspecified atom stereocenters. The second kappa shape index (κ2) is 6.28. The third kappa shape index (κ3) is 4.45. The topological polar surface area (TPSA) is 35.5 Å². The molecule has 0 aliphatic heterocycles. The average molecular weight is 222 g/mol. The molecular weight excluding hydrogens is 204 g/mol. The Hall–Kier alpha value is -1.35. The summed E-state index contributed by atoms with van der Waals surface area (Å²) in [4.78, 5) is 10.9. The van der Waals surface area contributed by atoms with Crippen LogP contribution in [0.2, 0.25) is 0 Å². The van der Waals surface area contributed by atoms with Crippen molar-refractivity contribution in [2.45, 2.75) is 33.0 Å². The molecule has 0 aromatic heterocycles. The molecule has 1 aromatic rings. The standard InChI is InChI=1S/C13H18O3/c1-10(14)7-11(2)16-9-12-5-4-6-13(8-12)15-3/h4-6,8,11H,7,9H2,1-3H3. The van der Waals surface area contributed by atoms with E-state index in [0.29, 0.717) is 13.0 Å². The van der Waals surface area contributed by atoms with E-state index in [1.54, 1.807) is 14.0 Å². The van der Waals surface area contributed by atoms with Crippen LogP contribution in [0.25, 0.3) is 0 Å². The van der Waals surface area contributed by atoms with Gasteiger partial charge in [-0.3, -0.25) is 4.79 Å². The number of benzene rings is 1. The minimum atomic E-state index is -0.0382. The number of ketones is 1. The van der Waals surface area contributed by atoms with Crippen LogP contribution in [0.5, 0.6) is 5.75 Å². The molecule has 3 heteroatoms. The Morgan fingerprint density at radius 2 is 2.19 bits per heavy atom. The minimum absolute atomic E-state index is 0.0382. The maximum Gasteiger partial charge on any atom is 0.132 e. The van der Waals surface area contributed by atoms with Crippen LogP contribution in [0.4, 0.5) is 0 Å². The first kappa shape index (κ1) is 12.7. The van der Waals surface area contributed by atoms with Crippen LogP contribution in [0.1, 0.15) is 25.8 Å². The van der Waals surface area contributed by atoms with Crippen LogP contribution in [0, 0.1) is 0 Å². The van der Waals surface area contributed by atoms with Gasteiger partial charge in [-0.1, -0.05) is 12.1 Å². The molecule has 0 bridgehead atoms. The summed E-state index contributed by atoms with van der Waals surface area (Å²) in [5.41, 5.74) is 1.05. The molecular formula is C13H18O3. The van der Waals surface area contributed by atoms with E-state index in [-0.39, 0.29) is 11.9 Å². The molecule has 0 spiro atoms. The van der Waals surface area contributed by atoms with Gasteiger partial charge >= 0.3 is 0 Å². The van der Waals surface area contributed by atoms with E-state index in [0.717, 1.165) is 11.3 Å². The monoisotopic (exact) mass is 222 g/mol. The Morgan fingerprint density at radius 3 is 2.81 bits per heavy atom. The minimum Gasteiger partial charge on any atom is -0.497 e. The van der Waals surface area contributed by atoms with Crippen molar-refractivity contribution in [2.24, 2.45) is 0 Å². The molecule has 1 atom stereocenters. The second-order valence-electron chi connectivity index (χ2n) is 3.88. The Kier molecular flexibility index (Phi) is 4.99. The highest BCUT2D eigenvalue weighted by Crippen LogP contribution is 2.14. The van der Waals surface area contributed by atoms with Gasteiger partial charge in [0.2, 0.25) is 0 Å². The van der Waals surface area contributed by atoms with Crippen molar-refractivity contribution in [3.63, 3.8) is 0 Å². The Balaban J connectivity index is 2.44. The predicted molar refractivity (Wildman–Crippen MR) is 62.5 cm³/mol. The summed E-state index contributed by atoms with van der Waals surface area (Å²) in [6.45, 7) is 3.98. The van der Waals surface area contributed by atoms with Crippen molar-refractivity contribution < 1.29 is 14.3 Å². The third-order valence-corrected chi connectivity index (χ3v) is 2.24. The molecule has 1 aromatic carbocycles. The molecule has 0 fully saturated rings. The highest BCUT2D eigenvalue weighted by molar-refractivity contribution is 5.75. The Morgan fingerprint density at radius 1 is 1.44 bits per heavy atom. The number of Topliss-reactive ketones (excluding diaryl/α,β-unsaturated/α-hetero) is 1. The zero-order valence-corrected chi connectivity index (χ0v) is 10.0. The van der Waals surface area contributed by atoms with Gasteiger partial charge in [0.05, 0.1) is 19.8 Å². The molecule has 16 heavy (non-hydrogen) atoms. The maximum atomic E-state index is 10.9. The Labute approximate surface area is 96.4 Å². The van der Waals surface area contributed by atoms with Crippen molar-refractivity contribution in [1.82, 2.24) is 0 Å². The van der Waals surface area contributed by atoms with Crippen molar-refractivity contribution in [3.8, 4) is 5.75 Å². The number of hydrogen-bond acceptors (Lipinski definition) is 3. The SMILES string of the molecule is COc1cccc(COC(C)CC(C)=O)c1. The van der Waals surface area contributed by atoms with E-state index in [2.05, 4.69) is 0 Å². The number of carbonyl (C=O) groups excluding carboxylic acids is 1. The van der Waals surface area contributed by atoms with Crippen molar-refractivity contribution in [1.29, 1.82) is 0 Å². The molecule has 0 saturated heterocycles. The van der Waals surface area contributed by atoms with Crippen LogP contribution in [0.15, 0.2) is 24.3 Å². The fraction of sp³-hybridized carbons (Fsp3) is 0.462. The summed E-state index contributed by atoms with van der Waals surface area (Å²) in [5.74, 6) is 0.971. The lowest BCUT2D eigenvalue weighted by atomic mass is 10.2. The molecule has 1 rings (SSSR count).